The third-order valence-corrected chi connectivity index (χ3v) is 3.15. The highest BCUT2D eigenvalue weighted by Gasteiger charge is 2.24. The van der Waals surface area contributed by atoms with Crippen LogP contribution in [0.15, 0.2) is 18.2 Å². The molecular weight excluding hydrogens is 275 g/mol. The van der Waals surface area contributed by atoms with Gasteiger partial charge >= 0.3 is 0 Å². The highest BCUT2D eigenvalue weighted by atomic mass is 35.5. The van der Waals surface area contributed by atoms with E-state index in [1.54, 1.807) is 6.07 Å². The summed E-state index contributed by atoms with van der Waals surface area (Å²) in [5.74, 6) is -0.496. The van der Waals surface area contributed by atoms with Crippen molar-refractivity contribution in [1.29, 1.82) is 0 Å². The predicted octanol–water partition coefficient (Wildman–Crippen LogP) is 2.00. The SMILES string of the molecule is O=C(N[C@@H]1CCCNC1=O)c1cc(Cl)cc(Cl)c1. The maximum atomic E-state index is 12.0. The van der Waals surface area contributed by atoms with Gasteiger partial charge in [0, 0.05) is 22.2 Å². The molecule has 1 atom stereocenters. The number of carbonyl (C=O) groups excluding carboxylic acids is 2. The first kappa shape index (κ1) is 13.2. The molecule has 0 aliphatic carbocycles. The molecule has 96 valence electrons. The number of hydrogen-bond donors (Lipinski definition) is 2. The topological polar surface area (TPSA) is 58.2 Å². The maximum Gasteiger partial charge on any atom is 0.252 e. The van der Waals surface area contributed by atoms with Crippen molar-refractivity contribution in [3.63, 3.8) is 0 Å². The van der Waals surface area contributed by atoms with Gasteiger partial charge in [0.15, 0.2) is 0 Å². The fourth-order valence-corrected chi connectivity index (χ4v) is 2.36. The van der Waals surface area contributed by atoms with Crippen LogP contribution in [0.2, 0.25) is 10.0 Å². The fraction of sp³-hybridized carbons (Fsp3) is 0.333. The van der Waals surface area contributed by atoms with Gasteiger partial charge in [-0.2, -0.15) is 0 Å². The monoisotopic (exact) mass is 286 g/mol. The second-order valence-electron chi connectivity index (χ2n) is 4.12. The lowest BCUT2D eigenvalue weighted by molar-refractivity contribution is -0.124. The summed E-state index contributed by atoms with van der Waals surface area (Å²) in [6.07, 6.45) is 1.50. The Labute approximate surface area is 115 Å². The van der Waals surface area contributed by atoms with E-state index in [1.165, 1.54) is 12.1 Å². The minimum Gasteiger partial charge on any atom is -0.354 e. The average Bonchev–Trinajstić information content (AvgIpc) is 2.31. The van der Waals surface area contributed by atoms with Crippen LogP contribution in [0.5, 0.6) is 0 Å². The van der Waals surface area contributed by atoms with Crippen molar-refractivity contribution in [3.05, 3.63) is 33.8 Å². The van der Waals surface area contributed by atoms with E-state index in [0.717, 1.165) is 6.42 Å². The van der Waals surface area contributed by atoms with Gasteiger partial charge in [0.25, 0.3) is 5.91 Å². The van der Waals surface area contributed by atoms with E-state index in [9.17, 15) is 9.59 Å². The molecule has 0 spiro atoms. The van der Waals surface area contributed by atoms with Crippen LogP contribution in [0.3, 0.4) is 0 Å². The average molecular weight is 287 g/mol. The molecule has 0 saturated carbocycles. The Bertz CT molecular complexity index is 471. The van der Waals surface area contributed by atoms with Crippen molar-refractivity contribution in [2.24, 2.45) is 0 Å². The van der Waals surface area contributed by atoms with Crippen LogP contribution in [0.25, 0.3) is 0 Å². The summed E-state index contributed by atoms with van der Waals surface area (Å²) in [4.78, 5) is 23.5. The second-order valence-corrected chi connectivity index (χ2v) is 4.99. The molecule has 0 bridgehead atoms. The Morgan fingerprint density at radius 3 is 2.56 bits per heavy atom. The van der Waals surface area contributed by atoms with Crippen LogP contribution in [-0.4, -0.2) is 24.4 Å². The van der Waals surface area contributed by atoms with Gasteiger partial charge in [-0.25, -0.2) is 0 Å². The molecule has 0 radical (unpaired) electrons. The molecule has 1 fully saturated rings. The minimum atomic E-state index is -0.482. The highest BCUT2D eigenvalue weighted by molar-refractivity contribution is 6.35. The van der Waals surface area contributed by atoms with Gasteiger partial charge in [0.1, 0.15) is 6.04 Å². The van der Waals surface area contributed by atoms with Crippen LogP contribution in [0, 0.1) is 0 Å². The molecule has 1 heterocycles. The fourth-order valence-electron chi connectivity index (χ4n) is 1.84. The van der Waals surface area contributed by atoms with Gasteiger partial charge in [0.2, 0.25) is 5.91 Å². The molecule has 18 heavy (non-hydrogen) atoms. The van der Waals surface area contributed by atoms with Crippen molar-refractivity contribution >= 4 is 35.0 Å². The van der Waals surface area contributed by atoms with Crippen molar-refractivity contribution in [3.8, 4) is 0 Å². The molecule has 6 heteroatoms. The van der Waals surface area contributed by atoms with E-state index in [4.69, 9.17) is 23.2 Å². The quantitative estimate of drug-likeness (QED) is 0.874. The molecule has 2 N–H and O–H groups in total. The molecule has 1 aliphatic rings. The second kappa shape index (κ2) is 5.59. The predicted molar refractivity (Wildman–Crippen MR) is 70.0 cm³/mol. The standard InChI is InChI=1S/C12H12Cl2N2O2/c13-8-4-7(5-9(14)6-8)11(17)16-10-2-1-3-15-12(10)18/h4-6,10H,1-3H2,(H,15,18)(H,16,17)/t10-/m1/s1. The van der Waals surface area contributed by atoms with Crippen molar-refractivity contribution in [2.75, 3.05) is 6.54 Å². The summed E-state index contributed by atoms with van der Waals surface area (Å²) in [7, 11) is 0. The number of amides is 2. The van der Waals surface area contributed by atoms with Crippen LogP contribution < -0.4 is 10.6 Å². The Morgan fingerprint density at radius 1 is 1.28 bits per heavy atom. The number of carbonyl (C=O) groups is 2. The summed E-state index contributed by atoms with van der Waals surface area (Å²) >= 11 is 11.6. The Morgan fingerprint density at radius 2 is 1.94 bits per heavy atom. The van der Waals surface area contributed by atoms with E-state index >= 15 is 0 Å². The van der Waals surface area contributed by atoms with Gasteiger partial charge in [-0.15, -0.1) is 0 Å². The highest BCUT2D eigenvalue weighted by Crippen LogP contribution is 2.19. The summed E-state index contributed by atoms with van der Waals surface area (Å²) < 4.78 is 0. The molecule has 2 rings (SSSR count). The molecule has 1 aromatic carbocycles. The lowest BCUT2D eigenvalue weighted by atomic mass is 10.1. The summed E-state index contributed by atoms with van der Waals surface area (Å²) in [5.41, 5.74) is 0.353. The third-order valence-electron chi connectivity index (χ3n) is 2.72. The van der Waals surface area contributed by atoms with E-state index in [-0.39, 0.29) is 11.8 Å². The lowest BCUT2D eigenvalue weighted by Gasteiger charge is -2.22. The van der Waals surface area contributed by atoms with Gasteiger partial charge in [0.05, 0.1) is 0 Å². The number of benzene rings is 1. The molecular formula is C12H12Cl2N2O2. The van der Waals surface area contributed by atoms with E-state index in [1.807, 2.05) is 0 Å². The van der Waals surface area contributed by atoms with E-state index in [2.05, 4.69) is 10.6 Å². The Balaban J connectivity index is 2.09. The number of nitrogens with one attached hydrogen (secondary N) is 2. The third kappa shape index (κ3) is 3.15. The van der Waals surface area contributed by atoms with Gasteiger partial charge < -0.3 is 10.6 Å². The zero-order chi connectivity index (χ0) is 13.1. The molecule has 0 aromatic heterocycles. The normalized spacial score (nSPS) is 19.2. The molecule has 2 amide bonds. The Hall–Kier alpha value is -1.26. The summed E-state index contributed by atoms with van der Waals surface area (Å²) in [6.45, 7) is 0.661. The van der Waals surface area contributed by atoms with Gasteiger partial charge in [-0.1, -0.05) is 23.2 Å². The van der Waals surface area contributed by atoms with Crippen LogP contribution in [-0.2, 0) is 4.79 Å². The molecule has 1 aromatic rings. The lowest BCUT2D eigenvalue weighted by Crippen LogP contribution is -2.50. The molecule has 0 unspecified atom stereocenters. The minimum absolute atomic E-state index is 0.150. The maximum absolute atomic E-state index is 12.0. The molecule has 1 aliphatic heterocycles. The number of piperidine rings is 1. The first-order valence-electron chi connectivity index (χ1n) is 5.61. The molecule has 4 nitrogen and oxygen atoms in total. The van der Waals surface area contributed by atoms with Gasteiger partial charge in [-0.3, -0.25) is 9.59 Å². The molecule has 1 saturated heterocycles. The van der Waals surface area contributed by atoms with Crippen LogP contribution >= 0.6 is 23.2 Å². The zero-order valence-corrected chi connectivity index (χ0v) is 11.0. The van der Waals surface area contributed by atoms with Crippen LogP contribution in [0.4, 0.5) is 0 Å². The van der Waals surface area contributed by atoms with Crippen molar-refractivity contribution in [1.82, 2.24) is 10.6 Å². The number of hydrogen-bond acceptors (Lipinski definition) is 2. The largest absolute Gasteiger partial charge is 0.354 e. The first-order chi connectivity index (χ1) is 8.56. The summed E-state index contributed by atoms with van der Waals surface area (Å²) in [5, 5.41) is 6.16. The van der Waals surface area contributed by atoms with Crippen molar-refractivity contribution < 1.29 is 9.59 Å². The smallest absolute Gasteiger partial charge is 0.252 e. The zero-order valence-electron chi connectivity index (χ0n) is 9.50. The van der Waals surface area contributed by atoms with Crippen LogP contribution in [0.1, 0.15) is 23.2 Å². The van der Waals surface area contributed by atoms with Gasteiger partial charge in [-0.05, 0) is 31.0 Å². The first-order valence-corrected chi connectivity index (χ1v) is 6.36. The van der Waals surface area contributed by atoms with E-state index in [0.29, 0.717) is 28.6 Å². The number of rotatable bonds is 2. The number of halogens is 2. The Kier molecular flexibility index (Phi) is 4.09. The van der Waals surface area contributed by atoms with E-state index < -0.39 is 6.04 Å². The van der Waals surface area contributed by atoms with Crippen molar-refractivity contribution in [2.45, 2.75) is 18.9 Å². The summed E-state index contributed by atoms with van der Waals surface area (Å²) in [6, 6.07) is 4.10.